The number of benzene rings is 1. The van der Waals surface area contributed by atoms with Gasteiger partial charge in [-0.25, -0.2) is 9.59 Å². The van der Waals surface area contributed by atoms with Gasteiger partial charge in [0, 0.05) is 12.3 Å². The summed E-state index contributed by atoms with van der Waals surface area (Å²) in [5, 5.41) is 2.73. The predicted octanol–water partition coefficient (Wildman–Crippen LogP) is 2.90. The number of fused-ring (bicyclic) bond motifs is 1. The molecule has 2 aliphatic rings. The smallest absolute Gasteiger partial charge is 0.411 e. The van der Waals surface area contributed by atoms with Crippen LogP contribution < -0.4 is 5.32 Å². The first kappa shape index (κ1) is 22.8. The Hall–Kier alpha value is -2.90. The highest BCUT2D eigenvalue weighted by atomic mass is 16.6. The van der Waals surface area contributed by atoms with Gasteiger partial charge in [0.1, 0.15) is 23.5 Å². The summed E-state index contributed by atoms with van der Waals surface area (Å²) in [7, 11) is 1.25. The van der Waals surface area contributed by atoms with E-state index in [0.717, 1.165) is 12.0 Å². The first-order valence-electron chi connectivity index (χ1n) is 10.6. The summed E-state index contributed by atoms with van der Waals surface area (Å²) in [5.74, 6) is -1.29. The third-order valence-corrected chi connectivity index (χ3v) is 5.63. The Labute approximate surface area is 182 Å². The van der Waals surface area contributed by atoms with Crippen LogP contribution in [0.25, 0.3) is 0 Å². The molecule has 0 radical (unpaired) electrons. The molecule has 168 valence electrons. The molecule has 0 bridgehead atoms. The second-order valence-electron chi connectivity index (χ2n) is 9.09. The topological polar surface area (TPSA) is 102 Å². The largest absolute Gasteiger partial charge is 0.467 e. The van der Waals surface area contributed by atoms with E-state index in [2.05, 4.69) is 5.32 Å². The molecule has 1 aliphatic carbocycles. The van der Waals surface area contributed by atoms with E-state index in [-0.39, 0.29) is 24.7 Å². The lowest BCUT2D eigenvalue weighted by Crippen LogP contribution is -2.48. The number of Topliss-reactive ketones (excluding diaryl/α,β-unsaturated/α-hetero) is 1. The third-order valence-electron chi connectivity index (χ3n) is 5.63. The molecule has 1 N–H and O–H groups in total. The Morgan fingerprint density at radius 3 is 2.55 bits per heavy atom. The van der Waals surface area contributed by atoms with Gasteiger partial charge in [-0.3, -0.25) is 14.5 Å². The lowest BCUT2D eigenvalue weighted by atomic mass is 9.96. The van der Waals surface area contributed by atoms with Gasteiger partial charge < -0.3 is 14.8 Å². The number of ether oxygens (including phenoxy) is 2. The molecule has 1 aromatic rings. The molecule has 1 fully saturated rings. The molecule has 0 saturated heterocycles. The summed E-state index contributed by atoms with van der Waals surface area (Å²) in [4.78, 5) is 51.9. The summed E-state index contributed by atoms with van der Waals surface area (Å²) >= 11 is 0. The van der Waals surface area contributed by atoms with E-state index < -0.39 is 35.7 Å². The highest BCUT2D eigenvalue weighted by molar-refractivity contribution is 5.92. The van der Waals surface area contributed by atoms with Crippen molar-refractivity contribution in [3.8, 4) is 0 Å². The molecule has 1 aliphatic heterocycles. The molecular formula is C23H30N2O6. The molecule has 3 rings (SSSR count). The zero-order chi connectivity index (χ0) is 22.8. The van der Waals surface area contributed by atoms with E-state index in [4.69, 9.17) is 9.47 Å². The molecule has 1 heterocycles. The van der Waals surface area contributed by atoms with E-state index >= 15 is 0 Å². The standard InChI is InChI=1S/C23H30N2O6/c1-23(2,3)31-22(29)25-13-15-8-5-6-10-16(15)19(25)20(27)24-17(21(28)30-4)12-14-9-7-11-18(14)26/h5-6,8,10,14,17,19H,7,9,11-13H2,1-4H3,(H,24,27)/t14-,17-,19?/m0/s1. The van der Waals surface area contributed by atoms with E-state index in [0.29, 0.717) is 18.4 Å². The van der Waals surface area contributed by atoms with Crippen molar-refractivity contribution in [2.75, 3.05) is 7.11 Å². The number of rotatable bonds is 5. The lowest BCUT2D eigenvalue weighted by Gasteiger charge is -2.29. The molecule has 0 aromatic heterocycles. The minimum atomic E-state index is -0.960. The minimum Gasteiger partial charge on any atom is -0.467 e. The Morgan fingerprint density at radius 1 is 1.23 bits per heavy atom. The van der Waals surface area contributed by atoms with Gasteiger partial charge in [0.2, 0.25) is 5.91 Å². The number of nitrogens with one attached hydrogen (secondary N) is 1. The van der Waals surface area contributed by atoms with Crippen molar-refractivity contribution in [2.24, 2.45) is 5.92 Å². The number of ketones is 1. The number of esters is 1. The molecular weight excluding hydrogens is 400 g/mol. The maximum Gasteiger partial charge on any atom is 0.411 e. The van der Waals surface area contributed by atoms with Crippen molar-refractivity contribution in [2.45, 2.75) is 70.7 Å². The lowest BCUT2D eigenvalue weighted by molar-refractivity contribution is -0.146. The number of nitrogens with zero attached hydrogens (tertiary/aromatic N) is 1. The fraction of sp³-hybridized carbons (Fsp3) is 0.565. The van der Waals surface area contributed by atoms with Crippen LogP contribution in [0.2, 0.25) is 0 Å². The summed E-state index contributed by atoms with van der Waals surface area (Å²) in [6, 6.07) is 5.39. The zero-order valence-corrected chi connectivity index (χ0v) is 18.5. The van der Waals surface area contributed by atoms with Gasteiger partial charge in [-0.05, 0) is 51.2 Å². The van der Waals surface area contributed by atoms with E-state index in [1.807, 2.05) is 12.1 Å². The predicted molar refractivity (Wildman–Crippen MR) is 112 cm³/mol. The van der Waals surface area contributed by atoms with Crippen molar-refractivity contribution in [1.29, 1.82) is 0 Å². The summed E-state index contributed by atoms with van der Waals surface area (Å²) in [6.07, 6.45) is 1.56. The molecule has 2 amide bonds. The van der Waals surface area contributed by atoms with E-state index in [1.165, 1.54) is 12.0 Å². The molecule has 1 unspecified atom stereocenters. The van der Waals surface area contributed by atoms with Crippen LogP contribution in [0.5, 0.6) is 0 Å². The van der Waals surface area contributed by atoms with Crippen LogP contribution in [0.1, 0.15) is 63.6 Å². The molecule has 1 saturated carbocycles. The SMILES string of the molecule is COC(=O)[C@H](C[C@@H]1CCCC1=O)NC(=O)C1c2ccccc2CN1C(=O)OC(C)(C)C. The maximum atomic E-state index is 13.3. The van der Waals surface area contributed by atoms with Crippen LogP contribution in [-0.4, -0.2) is 47.4 Å². The third kappa shape index (κ3) is 5.24. The van der Waals surface area contributed by atoms with E-state index in [9.17, 15) is 19.2 Å². The van der Waals surface area contributed by atoms with Gasteiger partial charge in [0.15, 0.2) is 0 Å². The average molecular weight is 431 g/mol. The van der Waals surface area contributed by atoms with Crippen LogP contribution in [0.3, 0.4) is 0 Å². The second-order valence-corrected chi connectivity index (χ2v) is 9.09. The number of carbonyl (C=O) groups is 4. The van der Waals surface area contributed by atoms with Crippen LogP contribution in [0.15, 0.2) is 24.3 Å². The summed E-state index contributed by atoms with van der Waals surface area (Å²) in [6.45, 7) is 5.51. The summed E-state index contributed by atoms with van der Waals surface area (Å²) in [5.41, 5.74) is 0.810. The number of amides is 2. The minimum absolute atomic E-state index is 0.102. The fourth-order valence-electron chi connectivity index (χ4n) is 4.19. The van der Waals surface area contributed by atoms with Gasteiger partial charge in [0.05, 0.1) is 13.7 Å². The summed E-state index contributed by atoms with van der Waals surface area (Å²) < 4.78 is 10.4. The number of carbonyl (C=O) groups excluding carboxylic acids is 4. The highest BCUT2D eigenvalue weighted by Gasteiger charge is 2.42. The first-order chi connectivity index (χ1) is 14.6. The number of hydrogen-bond donors (Lipinski definition) is 1. The van der Waals surface area contributed by atoms with Crippen molar-refractivity contribution < 1.29 is 28.7 Å². The Balaban J connectivity index is 1.83. The van der Waals surface area contributed by atoms with Crippen LogP contribution in [0, 0.1) is 5.92 Å². The average Bonchev–Trinajstić information content (AvgIpc) is 3.29. The van der Waals surface area contributed by atoms with Gasteiger partial charge in [-0.15, -0.1) is 0 Å². The molecule has 0 spiro atoms. The Kier molecular flexibility index (Phi) is 6.67. The van der Waals surface area contributed by atoms with Gasteiger partial charge >= 0.3 is 12.1 Å². The van der Waals surface area contributed by atoms with Crippen molar-refractivity contribution in [1.82, 2.24) is 10.2 Å². The van der Waals surface area contributed by atoms with E-state index in [1.54, 1.807) is 32.9 Å². The van der Waals surface area contributed by atoms with Gasteiger partial charge in [-0.1, -0.05) is 24.3 Å². The molecule has 1 aromatic carbocycles. The van der Waals surface area contributed by atoms with Gasteiger partial charge in [-0.2, -0.15) is 0 Å². The zero-order valence-electron chi connectivity index (χ0n) is 18.5. The maximum absolute atomic E-state index is 13.3. The van der Waals surface area contributed by atoms with Crippen LogP contribution in [0.4, 0.5) is 4.79 Å². The van der Waals surface area contributed by atoms with Crippen LogP contribution >= 0.6 is 0 Å². The van der Waals surface area contributed by atoms with Crippen molar-refractivity contribution in [3.63, 3.8) is 0 Å². The monoisotopic (exact) mass is 430 g/mol. The van der Waals surface area contributed by atoms with Gasteiger partial charge in [0.25, 0.3) is 0 Å². The van der Waals surface area contributed by atoms with Crippen molar-refractivity contribution in [3.05, 3.63) is 35.4 Å². The van der Waals surface area contributed by atoms with Crippen molar-refractivity contribution >= 4 is 23.8 Å². The second kappa shape index (κ2) is 9.08. The molecule has 8 heteroatoms. The Morgan fingerprint density at radius 2 is 1.94 bits per heavy atom. The molecule has 3 atom stereocenters. The number of methoxy groups -OCH3 is 1. The molecule has 31 heavy (non-hydrogen) atoms. The highest BCUT2D eigenvalue weighted by Crippen LogP contribution is 2.35. The number of hydrogen-bond acceptors (Lipinski definition) is 6. The van der Waals surface area contributed by atoms with Crippen LogP contribution in [-0.2, 0) is 30.4 Å². The fourth-order valence-corrected chi connectivity index (χ4v) is 4.19. The Bertz CT molecular complexity index is 875. The molecule has 8 nitrogen and oxygen atoms in total. The first-order valence-corrected chi connectivity index (χ1v) is 10.6. The normalized spacial score (nSPS) is 21.4. The quantitative estimate of drug-likeness (QED) is 0.721.